The molecule has 24 heavy (non-hydrogen) atoms. The number of carbonyl (C=O) groups excluding carboxylic acids is 1. The van der Waals surface area contributed by atoms with Gasteiger partial charge in [0.15, 0.2) is 5.78 Å². The van der Waals surface area contributed by atoms with Gasteiger partial charge in [0.25, 0.3) is 0 Å². The summed E-state index contributed by atoms with van der Waals surface area (Å²) >= 11 is 0. The molecule has 0 saturated carbocycles. The molecule has 1 N–H and O–H groups in total. The Hall–Kier alpha value is -1.84. The van der Waals surface area contributed by atoms with E-state index in [0.717, 1.165) is 12.8 Å². The number of nitrogens with zero attached hydrogens (tertiary/aromatic N) is 1. The largest absolute Gasteiger partial charge is 0.465 e. The number of hydrogen-bond donors (Lipinski definition) is 1. The lowest BCUT2D eigenvalue weighted by atomic mass is 9.99. The molecule has 1 amide bonds. The van der Waals surface area contributed by atoms with E-state index in [9.17, 15) is 14.7 Å². The lowest BCUT2D eigenvalue weighted by molar-refractivity contribution is 0.0845. The molecular weight excluding hydrogens is 302 g/mol. The monoisotopic (exact) mass is 331 g/mol. The molecule has 1 aliphatic rings. The van der Waals surface area contributed by atoms with Crippen molar-refractivity contribution in [2.24, 2.45) is 0 Å². The number of rotatable bonds is 9. The Kier molecular flexibility index (Phi) is 7.29. The highest BCUT2D eigenvalue weighted by molar-refractivity contribution is 6.01. The van der Waals surface area contributed by atoms with Crippen molar-refractivity contribution in [1.82, 2.24) is 4.90 Å². The molecule has 0 spiro atoms. The van der Waals surface area contributed by atoms with Gasteiger partial charge in [0.1, 0.15) is 0 Å². The second-order valence-corrected chi connectivity index (χ2v) is 6.71. The van der Waals surface area contributed by atoms with Gasteiger partial charge in [-0.3, -0.25) is 9.69 Å². The summed E-state index contributed by atoms with van der Waals surface area (Å²) in [4.78, 5) is 25.0. The van der Waals surface area contributed by atoms with Gasteiger partial charge in [-0.1, -0.05) is 63.3 Å². The number of ketones is 1. The van der Waals surface area contributed by atoms with Gasteiger partial charge in [-0.15, -0.1) is 0 Å². The molecule has 1 atom stereocenters. The third-order valence-electron chi connectivity index (χ3n) is 4.86. The van der Waals surface area contributed by atoms with Crippen molar-refractivity contribution in [3.63, 3.8) is 0 Å². The van der Waals surface area contributed by atoms with Crippen LogP contribution < -0.4 is 0 Å². The first-order valence-corrected chi connectivity index (χ1v) is 9.26. The average molecular weight is 331 g/mol. The number of unbranched alkanes of at least 4 members (excludes halogenated alkanes) is 5. The van der Waals surface area contributed by atoms with Crippen molar-refractivity contribution in [1.29, 1.82) is 0 Å². The summed E-state index contributed by atoms with van der Waals surface area (Å²) in [5.74, 6) is -0.0685. The fourth-order valence-corrected chi connectivity index (χ4v) is 3.41. The smallest absolute Gasteiger partial charge is 0.407 e. The van der Waals surface area contributed by atoms with Crippen LogP contribution in [0.3, 0.4) is 0 Å². The fraction of sp³-hybridized carbons (Fsp3) is 0.600. The van der Waals surface area contributed by atoms with E-state index in [1.807, 2.05) is 24.3 Å². The number of aryl methyl sites for hydroxylation is 1. The minimum absolute atomic E-state index is 0.0685. The number of Topliss-reactive ketones (excluding diaryl/α,β-unsaturated/α-hetero) is 1. The van der Waals surface area contributed by atoms with Crippen LogP contribution in [0.4, 0.5) is 4.79 Å². The molecule has 1 heterocycles. The van der Waals surface area contributed by atoms with Crippen molar-refractivity contribution in [3.8, 4) is 0 Å². The molecule has 1 unspecified atom stereocenters. The Morgan fingerprint density at radius 3 is 2.42 bits per heavy atom. The fourth-order valence-electron chi connectivity index (χ4n) is 3.41. The Bertz CT molecular complexity index is 538. The molecule has 2 rings (SSSR count). The van der Waals surface area contributed by atoms with Crippen LogP contribution in [0.5, 0.6) is 0 Å². The number of carboxylic acid groups (broad SMARTS) is 1. The summed E-state index contributed by atoms with van der Waals surface area (Å²) in [7, 11) is 0. The quantitative estimate of drug-likeness (QED) is 0.516. The van der Waals surface area contributed by atoms with Gasteiger partial charge >= 0.3 is 6.09 Å². The summed E-state index contributed by atoms with van der Waals surface area (Å²) in [6, 6.07) is 7.23. The highest BCUT2D eigenvalue weighted by Gasteiger charge is 2.34. The summed E-state index contributed by atoms with van der Waals surface area (Å²) in [5, 5.41) is 9.17. The normalized spacial score (nSPS) is 17.2. The van der Waals surface area contributed by atoms with E-state index >= 15 is 0 Å². The maximum atomic E-state index is 12.5. The molecule has 0 radical (unpaired) electrons. The molecule has 1 aromatic carbocycles. The maximum absolute atomic E-state index is 12.5. The zero-order chi connectivity index (χ0) is 17.4. The van der Waals surface area contributed by atoms with E-state index in [1.54, 1.807) is 0 Å². The maximum Gasteiger partial charge on any atom is 0.407 e. The molecule has 0 bridgehead atoms. The summed E-state index contributed by atoms with van der Waals surface area (Å²) < 4.78 is 0. The summed E-state index contributed by atoms with van der Waals surface area (Å²) in [6.07, 6.45) is 9.12. The average Bonchev–Trinajstić information content (AvgIpc) is 3.08. The van der Waals surface area contributed by atoms with Crippen LogP contribution in [0.2, 0.25) is 0 Å². The van der Waals surface area contributed by atoms with E-state index < -0.39 is 12.1 Å². The molecule has 132 valence electrons. The minimum atomic E-state index is -0.995. The lowest BCUT2D eigenvalue weighted by Crippen LogP contribution is -2.39. The number of amides is 1. The van der Waals surface area contributed by atoms with Crippen LogP contribution in [-0.2, 0) is 6.42 Å². The second kappa shape index (κ2) is 9.45. The van der Waals surface area contributed by atoms with Gasteiger partial charge in [-0.2, -0.15) is 0 Å². The minimum Gasteiger partial charge on any atom is -0.465 e. The Balaban J connectivity index is 1.83. The molecule has 1 aromatic rings. The molecule has 4 nitrogen and oxygen atoms in total. The standard InChI is InChI=1S/C20H29NO3/c1-2-3-4-5-6-7-9-16-11-13-17(14-12-16)19(22)18-10-8-15-21(18)20(23)24/h11-14,18H,2-10,15H2,1H3,(H,23,24). The first-order valence-electron chi connectivity index (χ1n) is 9.26. The van der Waals surface area contributed by atoms with Gasteiger partial charge in [0.05, 0.1) is 6.04 Å². The van der Waals surface area contributed by atoms with Crippen LogP contribution >= 0.6 is 0 Å². The highest BCUT2D eigenvalue weighted by Crippen LogP contribution is 2.22. The van der Waals surface area contributed by atoms with E-state index in [1.165, 1.54) is 49.0 Å². The molecule has 1 fully saturated rings. The van der Waals surface area contributed by atoms with Crippen molar-refractivity contribution >= 4 is 11.9 Å². The van der Waals surface area contributed by atoms with Crippen molar-refractivity contribution < 1.29 is 14.7 Å². The van der Waals surface area contributed by atoms with E-state index in [-0.39, 0.29) is 5.78 Å². The first-order chi connectivity index (χ1) is 11.6. The van der Waals surface area contributed by atoms with Gasteiger partial charge in [-0.05, 0) is 31.2 Å². The van der Waals surface area contributed by atoms with Crippen LogP contribution in [0.15, 0.2) is 24.3 Å². The first kappa shape index (κ1) is 18.5. The number of likely N-dealkylation sites (tertiary alicyclic amines) is 1. The lowest BCUT2D eigenvalue weighted by Gasteiger charge is -2.20. The topological polar surface area (TPSA) is 57.6 Å². The zero-order valence-corrected chi connectivity index (χ0v) is 14.7. The molecule has 4 heteroatoms. The molecule has 1 saturated heterocycles. The second-order valence-electron chi connectivity index (χ2n) is 6.71. The van der Waals surface area contributed by atoms with Crippen LogP contribution in [0.1, 0.15) is 74.2 Å². The molecular formula is C20H29NO3. The Morgan fingerprint density at radius 1 is 1.08 bits per heavy atom. The zero-order valence-electron chi connectivity index (χ0n) is 14.7. The Morgan fingerprint density at radius 2 is 1.75 bits per heavy atom. The van der Waals surface area contributed by atoms with Gasteiger partial charge in [0.2, 0.25) is 0 Å². The summed E-state index contributed by atoms with van der Waals surface area (Å²) in [5.41, 5.74) is 1.88. The van der Waals surface area contributed by atoms with E-state index in [0.29, 0.717) is 18.5 Å². The van der Waals surface area contributed by atoms with E-state index in [4.69, 9.17) is 0 Å². The van der Waals surface area contributed by atoms with Crippen molar-refractivity contribution in [2.75, 3.05) is 6.54 Å². The van der Waals surface area contributed by atoms with Crippen LogP contribution in [0.25, 0.3) is 0 Å². The van der Waals surface area contributed by atoms with Gasteiger partial charge < -0.3 is 5.11 Å². The van der Waals surface area contributed by atoms with Gasteiger partial charge in [-0.25, -0.2) is 4.79 Å². The predicted octanol–water partition coefficient (Wildman–Crippen LogP) is 4.91. The highest BCUT2D eigenvalue weighted by atomic mass is 16.4. The number of carbonyl (C=O) groups is 2. The van der Waals surface area contributed by atoms with Crippen LogP contribution in [0, 0.1) is 0 Å². The SMILES string of the molecule is CCCCCCCCc1ccc(C(=O)C2CCCN2C(=O)O)cc1. The number of hydrogen-bond acceptors (Lipinski definition) is 2. The van der Waals surface area contributed by atoms with Crippen molar-refractivity contribution in [2.45, 2.75) is 70.8 Å². The molecule has 1 aliphatic heterocycles. The Labute approximate surface area is 144 Å². The third kappa shape index (κ3) is 5.08. The predicted molar refractivity (Wildman–Crippen MR) is 95.6 cm³/mol. The number of benzene rings is 1. The summed E-state index contributed by atoms with van der Waals surface area (Å²) in [6.45, 7) is 2.69. The van der Waals surface area contributed by atoms with Gasteiger partial charge in [0, 0.05) is 12.1 Å². The van der Waals surface area contributed by atoms with Crippen molar-refractivity contribution in [3.05, 3.63) is 35.4 Å². The van der Waals surface area contributed by atoms with E-state index in [2.05, 4.69) is 6.92 Å². The molecule has 0 aliphatic carbocycles. The third-order valence-corrected chi connectivity index (χ3v) is 4.86. The molecule has 0 aromatic heterocycles. The van der Waals surface area contributed by atoms with Crippen LogP contribution in [-0.4, -0.2) is 34.5 Å².